The molecule has 4 nitrogen and oxygen atoms in total. The Morgan fingerprint density at radius 1 is 1.28 bits per heavy atom. The maximum Gasteiger partial charge on any atom is 0.153 e. The van der Waals surface area contributed by atoms with Crippen LogP contribution in [0.4, 0.5) is 0 Å². The Kier molecular flexibility index (Phi) is 2.84. The largest absolute Gasteiger partial charge is 0.481 e. The molecule has 0 spiro atoms. The molecule has 1 atom stereocenters. The van der Waals surface area contributed by atoms with Crippen LogP contribution in [-0.4, -0.2) is 30.0 Å². The first-order chi connectivity index (χ1) is 8.84. The van der Waals surface area contributed by atoms with Crippen LogP contribution in [0.5, 0.6) is 5.75 Å². The summed E-state index contributed by atoms with van der Waals surface area (Å²) in [4.78, 5) is 8.58. The molecule has 3 rings (SSSR count). The zero-order valence-corrected chi connectivity index (χ0v) is 10.3. The number of aromatic nitrogens is 1. The molecule has 0 fully saturated rings. The molecule has 0 bridgehead atoms. The molecule has 2 heterocycles. The summed E-state index contributed by atoms with van der Waals surface area (Å²) in [5, 5.41) is 5.40. The third-order valence-corrected chi connectivity index (χ3v) is 3.02. The minimum Gasteiger partial charge on any atom is -0.481 e. The van der Waals surface area contributed by atoms with E-state index in [-0.39, 0.29) is 6.10 Å². The molecule has 0 amide bonds. The quantitative estimate of drug-likeness (QED) is 0.894. The number of benzene rings is 1. The fraction of sp³-hybridized carbons (Fsp3) is 0.286. The molecular weight excluding hydrogens is 226 g/mol. The smallest absolute Gasteiger partial charge is 0.153 e. The van der Waals surface area contributed by atoms with Crippen molar-refractivity contribution in [2.75, 3.05) is 13.1 Å². The molecule has 4 heteroatoms. The molecule has 92 valence electrons. The van der Waals surface area contributed by atoms with Crippen molar-refractivity contribution in [1.82, 2.24) is 10.3 Å². The summed E-state index contributed by atoms with van der Waals surface area (Å²) in [6.45, 7) is 3.73. The molecule has 0 saturated heterocycles. The molecule has 0 aliphatic carbocycles. The second-order valence-corrected chi connectivity index (χ2v) is 4.31. The van der Waals surface area contributed by atoms with E-state index in [1.165, 1.54) is 0 Å². The van der Waals surface area contributed by atoms with Crippen molar-refractivity contribution < 1.29 is 4.74 Å². The average molecular weight is 241 g/mol. The molecule has 0 saturated carbocycles. The maximum absolute atomic E-state index is 5.96. The highest BCUT2D eigenvalue weighted by atomic mass is 16.5. The Bertz CT molecular complexity index is 589. The lowest BCUT2D eigenvalue weighted by Crippen LogP contribution is -2.33. The van der Waals surface area contributed by atoms with Gasteiger partial charge < -0.3 is 10.1 Å². The van der Waals surface area contributed by atoms with Gasteiger partial charge in [0.25, 0.3) is 0 Å². The lowest BCUT2D eigenvalue weighted by Gasteiger charge is -2.16. The number of fused-ring (bicyclic) bond motifs is 1. The van der Waals surface area contributed by atoms with E-state index >= 15 is 0 Å². The summed E-state index contributed by atoms with van der Waals surface area (Å²) in [6, 6.07) is 8.08. The van der Waals surface area contributed by atoms with E-state index in [0.29, 0.717) is 0 Å². The van der Waals surface area contributed by atoms with Gasteiger partial charge in [0.2, 0.25) is 0 Å². The lowest BCUT2D eigenvalue weighted by molar-refractivity contribution is 0.286. The monoisotopic (exact) mass is 241 g/mol. The molecule has 0 radical (unpaired) electrons. The van der Waals surface area contributed by atoms with Crippen LogP contribution in [0.15, 0.2) is 41.7 Å². The van der Waals surface area contributed by atoms with E-state index < -0.39 is 0 Å². The second-order valence-electron chi connectivity index (χ2n) is 4.31. The van der Waals surface area contributed by atoms with Crippen LogP contribution in [0.1, 0.15) is 6.92 Å². The van der Waals surface area contributed by atoms with Crippen molar-refractivity contribution >= 4 is 16.6 Å². The van der Waals surface area contributed by atoms with Crippen LogP contribution in [0.2, 0.25) is 0 Å². The molecule has 1 aromatic carbocycles. The van der Waals surface area contributed by atoms with Gasteiger partial charge in [-0.05, 0) is 6.92 Å². The van der Waals surface area contributed by atoms with Gasteiger partial charge in [0, 0.05) is 23.5 Å². The first-order valence-electron chi connectivity index (χ1n) is 6.12. The van der Waals surface area contributed by atoms with Gasteiger partial charge in [0.05, 0.1) is 12.7 Å². The predicted octanol–water partition coefficient (Wildman–Crippen LogP) is 2.00. The minimum atomic E-state index is -0.0693. The van der Waals surface area contributed by atoms with E-state index in [4.69, 9.17) is 4.74 Å². The number of hydrogen-bond acceptors (Lipinski definition) is 4. The number of nitrogens with one attached hydrogen (secondary N) is 1. The van der Waals surface area contributed by atoms with Gasteiger partial charge in [-0.15, -0.1) is 0 Å². The fourth-order valence-corrected chi connectivity index (χ4v) is 2.12. The number of ether oxygens (including phenoxy) is 1. The normalized spacial score (nSPS) is 16.2. The van der Waals surface area contributed by atoms with Gasteiger partial charge in [0.15, 0.2) is 6.10 Å². The van der Waals surface area contributed by atoms with Gasteiger partial charge in [-0.2, -0.15) is 0 Å². The second kappa shape index (κ2) is 4.64. The van der Waals surface area contributed by atoms with Crippen molar-refractivity contribution in [3.05, 3.63) is 36.7 Å². The number of pyridine rings is 1. The van der Waals surface area contributed by atoms with Crippen LogP contribution in [0.25, 0.3) is 10.8 Å². The Hall–Kier alpha value is -2.10. The van der Waals surface area contributed by atoms with Gasteiger partial charge in [-0.25, -0.2) is 0 Å². The van der Waals surface area contributed by atoms with E-state index in [0.717, 1.165) is 35.4 Å². The van der Waals surface area contributed by atoms with E-state index in [2.05, 4.69) is 15.3 Å². The molecule has 1 unspecified atom stereocenters. The zero-order valence-electron chi connectivity index (χ0n) is 10.3. The molecule has 1 aliphatic rings. The topological polar surface area (TPSA) is 46.5 Å². The Balaban J connectivity index is 1.90. The summed E-state index contributed by atoms with van der Waals surface area (Å²) < 4.78 is 5.96. The van der Waals surface area contributed by atoms with Crippen LogP contribution >= 0.6 is 0 Å². The first-order valence-corrected chi connectivity index (χ1v) is 6.12. The van der Waals surface area contributed by atoms with E-state index in [1.54, 1.807) is 6.20 Å². The standard InChI is InChI=1S/C14H15N3O/c1-10(14-16-6-7-17-14)18-13-9-15-8-11-4-2-3-5-12(11)13/h2-5,8-10H,6-7H2,1H3,(H,16,17). The molecule has 1 aromatic heterocycles. The first kappa shape index (κ1) is 11.0. The predicted molar refractivity (Wildman–Crippen MR) is 72.1 cm³/mol. The van der Waals surface area contributed by atoms with Crippen molar-refractivity contribution in [3.63, 3.8) is 0 Å². The summed E-state index contributed by atoms with van der Waals surface area (Å²) in [6.07, 6.45) is 3.53. The van der Waals surface area contributed by atoms with Crippen molar-refractivity contribution in [3.8, 4) is 5.75 Å². The average Bonchev–Trinajstić information content (AvgIpc) is 2.93. The number of hydrogen-bond donors (Lipinski definition) is 1. The maximum atomic E-state index is 5.96. The van der Waals surface area contributed by atoms with Crippen LogP contribution in [-0.2, 0) is 0 Å². The van der Waals surface area contributed by atoms with Crippen LogP contribution in [0.3, 0.4) is 0 Å². The fourth-order valence-electron chi connectivity index (χ4n) is 2.12. The van der Waals surface area contributed by atoms with E-state index in [1.807, 2.05) is 37.4 Å². The molecular formula is C14H15N3O. The van der Waals surface area contributed by atoms with E-state index in [9.17, 15) is 0 Å². The summed E-state index contributed by atoms with van der Waals surface area (Å²) >= 11 is 0. The SMILES string of the molecule is CC(Oc1cncc2ccccc12)C1=NCCN1. The van der Waals surface area contributed by atoms with Crippen molar-refractivity contribution in [2.24, 2.45) is 4.99 Å². The molecule has 1 N–H and O–H groups in total. The Morgan fingerprint density at radius 3 is 3.00 bits per heavy atom. The third-order valence-electron chi connectivity index (χ3n) is 3.02. The third kappa shape index (κ3) is 2.01. The number of rotatable bonds is 3. The minimum absolute atomic E-state index is 0.0693. The lowest BCUT2D eigenvalue weighted by atomic mass is 10.2. The molecule has 1 aliphatic heterocycles. The van der Waals surface area contributed by atoms with Gasteiger partial charge in [-0.1, -0.05) is 24.3 Å². The summed E-state index contributed by atoms with van der Waals surface area (Å²) in [7, 11) is 0. The summed E-state index contributed by atoms with van der Waals surface area (Å²) in [5.41, 5.74) is 0. The van der Waals surface area contributed by atoms with Crippen LogP contribution in [0, 0.1) is 0 Å². The number of nitrogens with zero attached hydrogens (tertiary/aromatic N) is 2. The number of aliphatic imine (C=N–C) groups is 1. The highest BCUT2D eigenvalue weighted by Crippen LogP contribution is 2.24. The van der Waals surface area contributed by atoms with Crippen molar-refractivity contribution in [2.45, 2.75) is 13.0 Å². The summed E-state index contributed by atoms with van der Waals surface area (Å²) in [5.74, 6) is 1.72. The number of amidine groups is 1. The highest BCUT2D eigenvalue weighted by molar-refractivity contribution is 5.90. The molecule has 2 aromatic rings. The van der Waals surface area contributed by atoms with Crippen molar-refractivity contribution in [1.29, 1.82) is 0 Å². The Labute approximate surface area is 106 Å². The highest BCUT2D eigenvalue weighted by Gasteiger charge is 2.16. The van der Waals surface area contributed by atoms with Gasteiger partial charge in [0.1, 0.15) is 11.6 Å². The van der Waals surface area contributed by atoms with Gasteiger partial charge in [-0.3, -0.25) is 9.98 Å². The Morgan fingerprint density at radius 2 is 2.17 bits per heavy atom. The van der Waals surface area contributed by atoms with Crippen LogP contribution < -0.4 is 10.1 Å². The zero-order chi connectivity index (χ0) is 12.4. The van der Waals surface area contributed by atoms with Gasteiger partial charge >= 0.3 is 0 Å². The molecule has 18 heavy (non-hydrogen) atoms.